The minimum Gasteiger partial charge on any atom is -0.480 e. The average molecular weight is 292 g/mol. The first-order chi connectivity index (χ1) is 10.1. The Balaban J connectivity index is 1.92. The van der Waals surface area contributed by atoms with E-state index in [1.165, 1.54) is 5.56 Å². The van der Waals surface area contributed by atoms with Gasteiger partial charge in [0, 0.05) is 12.2 Å². The van der Waals surface area contributed by atoms with Crippen LogP contribution in [0.15, 0.2) is 24.3 Å². The van der Waals surface area contributed by atoms with Gasteiger partial charge in [0.05, 0.1) is 19.8 Å². The lowest BCUT2D eigenvalue weighted by molar-refractivity contribution is -0.150. The number of ether oxygens (including phenoxy) is 1. The standard InChI is InChI=1S/C15H20N2O4/c1-2-11-3-5-12(6-4-11)16-14(18)9-17-7-8-21-10-13(17)15(19)20/h3-6,13H,2,7-10H2,1H3,(H,16,18)(H,19,20). The van der Waals surface area contributed by atoms with Gasteiger partial charge in [-0.15, -0.1) is 0 Å². The molecule has 0 saturated carbocycles. The van der Waals surface area contributed by atoms with Crippen LogP contribution in [0.5, 0.6) is 0 Å². The highest BCUT2D eigenvalue weighted by Gasteiger charge is 2.30. The Hall–Kier alpha value is -1.92. The van der Waals surface area contributed by atoms with Crippen LogP contribution in [0.25, 0.3) is 0 Å². The topological polar surface area (TPSA) is 78.9 Å². The molecule has 1 fully saturated rings. The van der Waals surface area contributed by atoms with Crippen molar-refractivity contribution in [2.24, 2.45) is 0 Å². The maximum Gasteiger partial charge on any atom is 0.323 e. The summed E-state index contributed by atoms with van der Waals surface area (Å²) in [6, 6.07) is 6.87. The van der Waals surface area contributed by atoms with E-state index in [4.69, 9.17) is 9.84 Å². The molecule has 1 heterocycles. The molecule has 6 heteroatoms. The van der Waals surface area contributed by atoms with Crippen molar-refractivity contribution >= 4 is 17.6 Å². The lowest BCUT2D eigenvalue weighted by Crippen LogP contribution is -2.52. The van der Waals surface area contributed by atoms with Gasteiger partial charge in [-0.05, 0) is 24.1 Å². The molecule has 0 spiro atoms. The Morgan fingerprint density at radius 3 is 2.71 bits per heavy atom. The van der Waals surface area contributed by atoms with Crippen LogP contribution >= 0.6 is 0 Å². The van der Waals surface area contributed by atoms with E-state index in [-0.39, 0.29) is 19.1 Å². The van der Waals surface area contributed by atoms with E-state index in [9.17, 15) is 9.59 Å². The molecule has 2 rings (SSSR count). The molecule has 0 bridgehead atoms. The predicted molar refractivity (Wildman–Crippen MR) is 78.3 cm³/mol. The van der Waals surface area contributed by atoms with Gasteiger partial charge in [-0.1, -0.05) is 19.1 Å². The average Bonchev–Trinajstić information content (AvgIpc) is 2.48. The Bertz CT molecular complexity index is 501. The largest absolute Gasteiger partial charge is 0.480 e. The summed E-state index contributed by atoms with van der Waals surface area (Å²) < 4.78 is 5.14. The number of carboxylic acid groups (broad SMARTS) is 1. The molecule has 1 saturated heterocycles. The van der Waals surface area contributed by atoms with E-state index in [0.29, 0.717) is 13.2 Å². The van der Waals surface area contributed by atoms with Crippen LogP contribution in [0.3, 0.4) is 0 Å². The number of carbonyl (C=O) groups excluding carboxylic acids is 1. The molecule has 21 heavy (non-hydrogen) atoms. The number of hydrogen-bond donors (Lipinski definition) is 2. The summed E-state index contributed by atoms with van der Waals surface area (Å²) in [6.07, 6.45) is 0.947. The zero-order chi connectivity index (χ0) is 15.2. The molecule has 0 aliphatic carbocycles. The van der Waals surface area contributed by atoms with Crippen molar-refractivity contribution in [3.05, 3.63) is 29.8 Å². The zero-order valence-corrected chi connectivity index (χ0v) is 12.0. The molecule has 114 valence electrons. The number of morpholine rings is 1. The van der Waals surface area contributed by atoms with Crippen molar-refractivity contribution in [3.8, 4) is 0 Å². The van der Waals surface area contributed by atoms with Crippen molar-refractivity contribution in [2.45, 2.75) is 19.4 Å². The Morgan fingerprint density at radius 2 is 2.10 bits per heavy atom. The number of amides is 1. The number of hydrogen-bond acceptors (Lipinski definition) is 4. The van der Waals surface area contributed by atoms with E-state index < -0.39 is 12.0 Å². The lowest BCUT2D eigenvalue weighted by atomic mass is 10.1. The second-order valence-electron chi connectivity index (χ2n) is 5.00. The first-order valence-electron chi connectivity index (χ1n) is 7.03. The predicted octanol–water partition coefficient (Wildman–Crippen LogP) is 0.973. The Kier molecular flexibility index (Phi) is 5.30. The van der Waals surface area contributed by atoms with Crippen LogP contribution in [-0.2, 0) is 20.7 Å². The van der Waals surface area contributed by atoms with Crippen LogP contribution < -0.4 is 5.32 Å². The van der Waals surface area contributed by atoms with Gasteiger partial charge in [0.15, 0.2) is 0 Å². The summed E-state index contributed by atoms with van der Waals surface area (Å²) in [5, 5.41) is 11.9. The third-order valence-electron chi connectivity index (χ3n) is 3.52. The van der Waals surface area contributed by atoms with Crippen LogP contribution in [0, 0.1) is 0 Å². The van der Waals surface area contributed by atoms with E-state index in [1.807, 2.05) is 24.3 Å². The summed E-state index contributed by atoms with van der Waals surface area (Å²) >= 11 is 0. The number of nitrogens with zero attached hydrogens (tertiary/aromatic N) is 1. The maximum atomic E-state index is 12.0. The molecule has 1 unspecified atom stereocenters. The highest BCUT2D eigenvalue weighted by molar-refractivity contribution is 5.92. The summed E-state index contributed by atoms with van der Waals surface area (Å²) in [6.45, 7) is 3.13. The van der Waals surface area contributed by atoms with Crippen LogP contribution in [0.1, 0.15) is 12.5 Å². The quantitative estimate of drug-likeness (QED) is 0.845. The van der Waals surface area contributed by atoms with Crippen LogP contribution in [0.4, 0.5) is 5.69 Å². The molecule has 2 N–H and O–H groups in total. The molecule has 1 aliphatic rings. The Morgan fingerprint density at radius 1 is 1.38 bits per heavy atom. The highest BCUT2D eigenvalue weighted by atomic mass is 16.5. The number of anilines is 1. The SMILES string of the molecule is CCc1ccc(NC(=O)CN2CCOCC2C(=O)O)cc1. The second-order valence-corrected chi connectivity index (χ2v) is 5.00. The minimum atomic E-state index is -0.963. The van der Waals surface area contributed by atoms with Crippen molar-refractivity contribution in [1.29, 1.82) is 0 Å². The molecule has 0 aromatic heterocycles. The monoisotopic (exact) mass is 292 g/mol. The van der Waals surface area contributed by atoms with E-state index in [2.05, 4.69) is 12.2 Å². The number of carbonyl (C=O) groups is 2. The van der Waals surface area contributed by atoms with Gasteiger partial charge < -0.3 is 15.2 Å². The molecular formula is C15H20N2O4. The Labute approximate surface area is 123 Å². The number of nitrogens with one attached hydrogen (secondary N) is 1. The van der Waals surface area contributed by atoms with E-state index in [1.54, 1.807) is 4.90 Å². The molecule has 1 aromatic rings. The second kappa shape index (κ2) is 7.19. The fraction of sp³-hybridized carbons (Fsp3) is 0.467. The first-order valence-corrected chi connectivity index (χ1v) is 7.03. The fourth-order valence-corrected chi connectivity index (χ4v) is 2.26. The molecule has 1 aliphatic heterocycles. The van der Waals surface area contributed by atoms with Crippen LogP contribution in [-0.4, -0.2) is 54.2 Å². The van der Waals surface area contributed by atoms with Gasteiger partial charge in [0.25, 0.3) is 0 Å². The smallest absolute Gasteiger partial charge is 0.323 e. The summed E-state index contributed by atoms with van der Waals surface area (Å²) in [4.78, 5) is 24.8. The highest BCUT2D eigenvalue weighted by Crippen LogP contribution is 2.11. The molecule has 1 atom stereocenters. The van der Waals surface area contributed by atoms with Gasteiger partial charge in [0.2, 0.25) is 5.91 Å². The number of carboxylic acids is 1. The fourth-order valence-electron chi connectivity index (χ4n) is 2.26. The lowest BCUT2D eigenvalue weighted by Gasteiger charge is -2.32. The molecular weight excluding hydrogens is 272 g/mol. The van der Waals surface area contributed by atoms with Crippen molar-refractivity contribution in [2.75, 3.05) is 31.6 Å². The van der Waals surface area contributed by atoms with Crippen molar-refractivity contribution in [1.82, 2.24) is 4.90 Å². The van der Waals surface area contributed by atoms with Gasteiger partial charge in [-0.3, -0.25) is 14.5 Å². The van der Waals surface area contributed by atoms with Crippen LogP contribution in [0.2, 0.25) is 0 Å². The maximum absolute atomic E-state index is 12.0. The summed E-state index contributed by atoms with van der Waals surface area (Å²) in [5.41, 5.74) is 1.92. The first kappa shape index (κ1) is 15.5. The third kappa shape index (κ3) is 4.27. The normalized spacial score (nSPS) is 19.2. The van der Waals surface area contributed by atoms with Crippen molar-refractivity contribution in [3.63, 3.8) is 0 Å². The summed E-state index contributed by atoms with van der Waals surface area (Å²) in [7, 11) is 0. The minimum absolute atomic E-state index is 0.0514. The number of aliphatic carboxylic acids is 1. The van der Waals surface area contributed by atoms with E-state index in [0.717, 1.165) is 12.1 Å². The molecule has 1 amide bonds. The number of benzene rings is 1. The molecule has 0 radical (unpaired) electrons. The van der Waals surface area contributed by atoms with E-state index >= 15 is 0 Å². The third-order valence-corrected chi connectivity index (χ3v) is 3.52. The van der Waals surface area contributed by atoms with Gasteiger partial charge in [0.1, 0.15) is 6.04 Å². The molecule has 1 aromatic carbocycles. The zero-order valence-electron chi connectivity index (χ0n) is 12.0. The van der Waals surface area contributed by atoms with Crippen molar-refractivity contribution < 1.29 is 19.4 Å². The summed E-state index contributed by atoms with van der Waals surface area (Å²) in [5.74, 6) is -1.18. The van der Waals surface area contributed by atoms with Gasteiger partial charge >= 0.3 is 5.97 Å². The number of aryl methyl sites for hydroxylation is 1. The van der Waals surface area contributed by atoms with Gasteiger partial charge in [-0.2, -0.15) is 0 Å². The number of rotatable bonds is 5. The molecule has 6 nitrogen and oxygen atoms in total. The van der Waals surface area contributed by atoms with Gasteiger partial charge in [-0.25, -0.2) is 0 Å².